The van der Waals surface area contributed by atoms with Crippen LogP contribution in [0.1, 0.15) is 78.3 Å². The topological polar surface area (TPSA) is 215 Å². The molecule has 1 aromatic carbocycles. The molecule has 20 heteroatoms. The number of benzene rings is 1. The summed E-state index contributed by atoms with van der Waals surface area (Å²) in [5.74, 6) is -4.77. The summed E-state index contributed by atoms with van der Waals surface area (Å²) in [4.78, 5) is 64.0. The number of fused-ring (bicyclic) bond motifs is 3. The van der Waals surface area contributed by atoms with Crippen LogP contribution in [0.15, 0.2) is 30.4 Å². The number of allylic oxidation sites excluding steroid dienone is 1. The smallest absolute Gasteiger partial charge is 0.438 e. The van der Waals surface area contributed by atoms with E-state index in [9.17, 15) is 45.9 Å². The van der Waals surface area contributed by atoms with E-state index in [4.69, 9.17) is 14.2 Å². The zero-order valence-corrected chi connectivity index (χ0v) is 33.6. The van der Waals surface area contributed by atoms with Crippen molar-refractivity contribution in [2.45, 2.75) is 113 Å². The van der Waals surface area contributed by atoms with E-state index in [2.05, 4.69) is 25.3 Å². The molecule has 0 unspecified atom stereocenters. The van der Waals surface area contributed by atoms with Crippen molar-refractivity contribution >= 4 is 44.9 Å². The summed E-state index contributed by atoms with van der Waals surface area (Å²) in [5.41, 5.74) is -3.27. The maximum Gasteiger partial charge on any atom is 0.438 e. The lowest BCUT2D eigenvalue weighted by Crippen LogP contribution is -2.59. The third kappa shape index (κ3) is 9.11. The van der Waals surface area contributed by atoms with Crippen molar-refractivity contribution < 1.29 is 60.1 Å². The molecule has 0 spiro atoms. The molecule has 1 saturated heterocycles. The van der Waals surface area contributed by atoms with E-state index >= 15 is 0 Å². The monoisotopic (exact) mass is 838 g/mol. The van der Waals surface area contributed by atoms with Gasteiger partial charge >= 0.3 is 12.3 Å². The Balaban J connectivity index is 1.39. The maximum atomic E-state index is 14.6. The fourth-order valence-electron chi connectivity index (χ4n) is 7.71. The van der Waals surface area contributed by atoms with Gasteiger partial charge in [-0.25, -0.2) is 23.2 Å². The molecule has 3 fully saturated rings. The van der Waals surface area contributed by atoms with Crippen LogP contribution in [-0.2, 0) is 35.3 Å². The molecule has 1 aromatic heterocycles. The molecule has 318 valence electrons. The van der Waals surface area contributed by atoms with Crippen molar-refractivity contribution in [2.24, 2.45) is 17.8 Å². The predicted molar refractivity (Wildman–Crippen MR) is 201 cm³/mol. The number of halogens is 3. The number of alkyl halides is 3. The van der Waals surface area contributed by atoms with Gasteiger partial charge < -0.3 is 34.9 Å². The Hall–Kier alpha value is -4.72. The number of aromatic nitrogens is 2. The fourth-order valence-corrected chi connectivity index (χ4v) is 9.02. The third-order valence-corrected chi connectivity index (χ3v) is 13.4. The molecule has 4 aliphatic rings. The van der Waals surface area contributed by atoms with Gasteiger partial charge in [-0.05, 0) is 77.3 Å². The molecule has 2 aromatic rings. The summed E-state index contributed by atoms with van der Waals surface area (Å²) < 4.78 is 87.7. The molecule has 2 saturated carbocycles. The number of carbonyl (C=O) groups excluding carboxylic acids is 3. The molecule has 6 rings (SSSR count). The van der Waals surface area contributed by atoms with Gasteiger partial charge in [0.25, 0.3) is 5.91 Å². The number of amides is 4. The van der Waals surface area contributed by atoms with Crippen molar-refractivity contribution in [1.29, 1.82) is 0 Å². The first-order chi connectivity index (χ1) is 27.2. The maximum absolute atomic E-state index is 14.6. The quantitative estimate of drug-likeness (QED) is 0.251. The minimum Gasteiger partial charge on any atom is -0.491 e. The van der Waals surface area contributed by atoms with Crippen LogP contribution in [0.4, 0.5) is 18.0 Å². The molecule has 4 amide bonds. The highest BCUT2D eigenvalue weighted by atomic mass is 32.2. The highest BCUT2D eigenvalue weighted by Crippen LogP contribution is 2.48. The molecule has 0 bridgehead atoms. The Kier molecular flexibility index (Phi) is 11.9. The van der Waals surface area contributed by atoms with E-state index in [1.165, 1.54) is 32.2 Å². The highest BCUT2D eigenvalue weighted by Gasteiger charge is 2.63. The molecule has 2 aliphatic heterocycles. The second-order valence-corrected chi connectivity index (χ2v) is 18.5. The van der Waals surface area contributed by atoms with Gasteiger partial charge in [-0.3, -0.25) is 19.1 Å². The molecule has 3 heterocycles. The van der Waals surface area contributed by atoms with E-state index in [0.717, 1.165) is 4.90 Å². The first-order valence-electron chi connectivity index (χ1n) is 19.2. The number of ether oxygens (including phenoxy) is 3. The number of sulfonamides is 1. The van der Waals surface area contributed by atoms with Gasteiger partial charge in [0.2, 0.25) is 33.4 Å². The summed E-state index contributed by atoms with van der Waals surface area (Å²) in [6.45, 7) is 6.42. The number of rotatable bonds is 10. The van der Waals surface area contributed by atoms with Crippen molar-refractivity contribution in [1.82, 2.24) is 30.2 Å². The first-order valence-corrected chi connectivity index (χ1v) is 20.7. The largest absolute Gasteiger partial charge is 0.491 e. The van der Waals surface area contributed by atoms with Crippen molar-refractivity contribution in [3.63, 3.8) is 0 Å². The Morgan fingerprint density at radius 1 is 1.14 bits per heavy atom. The van der Waals surface area contributed by atoms with Gasteiger partial charge in [0, 0.05) is 31.4 Å². The number of carboxylic acid groups (broad SMARTS) is 1. The number of nitrogens with zero attached hydrogens (tertiary/aromatic N) is 3. The zero-order chi connectivity index (χ0) is 42.4. The first kappa shape index (κ1) is 42.9. The minimum absolute atomic E-state index is 0.0147. The Bertz CT molecular complexity index is 2080. The third-order valence-electron chi connectivity index (χ3n) is 11.3. The van der Waals surface area contributed by atoms with Crippen LogP contribution in [0.3, 0.4) is 0 Å². The Labute approximate surface area is 333 Å². The number of hydrogen-bond donors (Lipinski definition) is 4. The van der Waals surface area contributed by atoms with Gasteiger partial charge in [0.05, 0.1) is 35.0 Å². The second-order valence-electron chi connectivity index (χ2n) is 16.3. The van der Waals surface area contributed by atoms with Crippen LogP contribution in [0, 0.1) is 17.8 Å². The lowest BCUT2D eigenvalue weighted by atomic mass is 9.87. The van der Waals surface area contributed by atoms with Crippen LogP contribution in [0.25, 0.3) is 11.0 Å². The van der Waals surface area contributed by atoms with E-state index in [1.54, 1.807) is 19.9 Å². The van der Waals surface area contributed by atoms with Gasteiger partial charge in [-0.1, -0.05) is 19.1 Å². The van der Waals surface area contributed by atoms with Gasteiger partial charge in [-0.2, -0.15) is 13.2 Å². The molecular formula is C38H49F3N6O10S. The van der Waals surface area contributed by atoms with Crippen molar-refractivity contribution in [2.75, 3.05) is 20.3 Å². The molecule has 58 heavy (non-hydrogen) atoms. The molecule has 7 atom stereocenters. The summed E-state index contributed by atoms with van der Waals surface area (Å²) in [6, 6.07) is 1.21. The number of carbonyl (C=O) groups is 4. The molecule has 4 N–H and O–H groups in total. The van der Waals surface area contributed by atoms with Gasteiger partial charge in [0.1, 0.15) is 29.5 Å². The number of methoxy groups -OCH3 is 1. The van der Waals surface area contributed by atoms with E-state index < -0.39 is 105 Å². The zero-order valence-electron chi connectivity index (χ0n) is 32.8. The van der Waals surface area contributed by atoms with E-state index in [1.807, 2.05) is 13.0 Å². The average molecular weight is 839 g/mol. The van der Waals surface area contributed by atoms with Gasteiger partial charge in [-0.15, -0.1) is 0 Å². The predicted octanol–water partition coefficient (Wildman–Crippen LogP) is 3.93. The standard InChI is InChI=1S/C38H49F3N6O10S/c1-20(2)56-24-10-11-26-27(15-24)43-32(30(42-26)38(39,40)41)57-25-16-28-31(48)45-37(34(50)46-58(53,54)36(4)12-13-36)17-23(37)9-7-6-8-21(3)14-22(19-55-5)29(44-35(51)52)33(49)47(28)18-25/h7,9-11,15,20-23,25,28-29,44H,6,8,12-14,16-19H2,1-5H3,(H,45,48)(H,46,50)(H,51,52)/b9-7-/t21-,22+,23-,25-,28+,29+,37-/m1/s1. The Morgan fingerprint density at radius 2 is 1.86 bits per heavy atom. The van der Waals surface area contributed by atoms with Gasteiger partial charge in [0.15, 0.2) is 0 Å². The minimum atomic E-state index is -5.04. The number of hydrogen-bond acceptors (Lipinski definition) is 11. The lowest BCUT2D eigenvalue weighted by molar-refractivity contribution is -0.143. The van der Waals surface area contributed by atoms with Crippen LogP contribution >= 0.6 is 0 Å². The summed E-state index contributed by atoms with van der Waals surface area (Å²) >= 11 is 0. The summed E-state index contributed by atoms with van der Waals surface area (Å²) in [6.07, 6.45) is -2.83. The summed E-state index contributed by atoms with van der Waals surface area (Å²) in [5, 5.41) is 14.8. The second kappa shape index (κ2) is 16.1. The molecule has 0 radical (unpaired) electrons. The van der Waals surface area contributed by atoms with Crippen LogP contribution in [0.2, 0.25) is 0 Å². The molecule has 2 aliphatic carbocycles. The van der Waals surface area contributed by atoms with Crippen molar-refractivity contribution in [3.05, 3.63) is 36.0 Å². The Morgan fingerprint density at radius 3 is 2.50 bits per heavy atom. The molecule has 16 nitrogen and oxygen atoms in total. The summed E-state index contributed by atoms with van der Waals surface area (Å²) in [7, 11) is -2.73. The van der Waals surface area contributed by atoms with Crippen molar-refractivity contribution in [3.8, 4) is 11.6 Å². The van der Waals surface area contributed by atoms with Crippen LogP contribution in [0.5, 0.6) is 11.6 Å². The van der Waals surface area contributed by atoms with Crippen LogP contribution < -0.4 is 24.8 Å². The number of nitrogens with one attached hydrogen (secondary N) is 3. The lowest BCUT2D eigenvalue weighted by Gasteiger charge is -2.33. The van der Waals surface area contributed by atoms with E-state index in [-0.39, 0.29) is 36.1 Å². The normalized spacial score (nSPS) is 29.3. The van der Waals surface area contributed by atoms with E-state index in [0.29, 0.717) is 37.9 Å². The average Bonchev–Trinajstić information content (AvgIpc) is 4.01. The molecular weight excluding hydrogens is 790 g/mol. The highest BCUT2D eigenvalue weighted by molar-refractivity contribution is 7.91. The van der Waals surface area contributed by atoms with Crippen LogP contribution in [-0.4, -0.2) is 107 Å². The fraction of sp³-hybridized carbons (Fsp3) is 0.632. The SMILES string of the molecule is COC[C@@H]1C[C@H](C)CC/C=C\[C@@H]2C[C@@]2(C(=O)NS(=O)(=O)C2(C)CC2)NC(=O)[C@@H]2C[C@@H](Oc3nc4cc(OC(C)C)ccc4nc3C(F)(F)F)CN2C(=O)[C@H]1NC(=O)O.